The zero-order valence-electron chi connectivity index (χ0n) is 14.2. The van der Waals surface area contributed by atoms with Crippen LogP contribution in [-0.2, 0) is 16.0 Å². The Labute approximate surface area is 142 Å². The Morgan fingerprint density at radius 2 is 2.17 bits per heavy atom. The SMILES string of the molecule is C[C@@H]1OCCC[C@@H]1C(=O)N1CCC(O)(Cc2cccc(F)c2)CC1. The van der Waals surface area contributed by atoms with Crippen LogP contribution in [0.15, 0.2) is 24.3 Å². The van der Waals surface area contributed by atoms with E-state index in [0.717, 1.165) is 25.0 Å². The number of halogens is 1. The minimum atomic E-state index is -0.862. The average Bonchev–Trinajstić information content (AvgIpc) is 2.55. The number of carbonyl (C=O) groups excluding carboxylic acids is 1. The highest BCUT2D eigenvalue weighted by Crippen LogP contribution is 2.29. The molecule has 2 atom stereocenters. The molecule has 2 aliphatic heterocycles. The summed E-state index contributed by atoms with van der Waals surface area (Å²) in [5, 5.41) is 10.8. The van der Waals surface area contributed by atoms with Crippen molar-refractivity contribution in [1.82, 2.24) is 4.90 Å². The first-order chi connectivity index (χ1) is 11.5. The lowest BCUT2D eigenvalue weighted by atomic mass is 9.84. The highest BCUT2D eigenvalue weighted by molar-refractivity contribution is 5.79. The van der Waals surface area contributed by atoms with Crippen LogP contribution in [0.5, 0.6) is 0 Å². The minimum Gasteiger partial charge on any atom is -0.389 e. The van der Waals surface area contributed by atoms with E-state index in [1.807, 2.05) is 17.9 Å². The van der Waals surface area contributed by atoms with Gasteiger partial charge in [0.15, 0.2) is 0 Å². The maximum absolute atomic E-state index is 13.3. The first kappa shape index (κ1) is 17.4. The van der Waals surface area contributed by atoms with E-state index >= 15 is 0 Å². The molecule has 0 aromatic heterocycles. The van der Waals surface area contributed by atoms with Gasteiger partial charge in [0.2, 0.25) is 5.91 Å². The topological polar surface area (TPSA) is 49.8 Å². The van der Waals surface area contributed by atoms with Crippen LogP contribution in [-0.4, -0.2) is 47.3 Å². The lowest BCUT2D eigenvalue weighted by Gasteiger charge is -2.41. The van der Waals surface area contributed by atoms with Crippen molar-refractivity contribution >= 4 is 5.91 Å². The molecule has 5 heteroatoms. The van der Waals surface area contributed by atoms with Crippen molar-refractivity contribution in [1.29, 1.82) is 0 Å². The largest absolute Gasteiger partial charge is 0.389 e. The molecule has 1 amide bonds. The second-order valence-electron chi connectivity index (χ2n) is 7.18. The van der Waals surface area contributed by atoms with Crippen molar-refractivity contribution in [2.75, 3.05) is 19.7 Å². The first-order valence-electron chi connectivity index (χ1n) is 8.84. The van der Waals surface area contributed by atoms with Gasteiger partial charge < -0.3 is 14.7 Å². The maximum atomic E-state index is 13.3. The standard InChI is InChI=1S/C19H26FNO3/c1-14-17(6-3-11-24-14)18(22)21-9-7-19(23,8-10-21)13-15-4-2-5-16(20)12-15/h2,4-5,12,14,17,23H,3,6-11,13H2,1H3/t14-,17-/m0/s1. The number of likely N-dealkylation sites (tertiary alicyclic amines) is 1. The van der Waals surface area contributed by atoms with E-state index in [4.69, 9.17) is 4.74 Å². The van der Waals surface area contributed by atoms with Crippen molar-refractivity contribution in [2.45, 2.75) is 50.7 Å². The number of benzene rings is 1. The van der Waals surface area contributed by atoms with Gasteiger partial charge in [-0.3, -0.25) is 4.79 Å². The van der Waals surface area contributed by atoms with Gasteiger partial charge in [-0.2, -0.15) is 0 Å². The summed E-state index contributed by atoms with van der Waals surface area (Å²) in [6.45, 7) is 3.80. The van der Waals surface area contributed by atoms with Crippen LogP contribution in [0.25, 0.3) is 0 Å². The van der Waals surface area contributed by atoms with Crippen LogP contribution in [0.2, 0.25) is 0 Å². The molecular weight excluding hydrogens is 309 g/mol. The predicted octanol–water partition coefficient (Wildman–Crippen LogP) is 2.54. The number of nitrogens with zero attached hydrogens (tertiary/aromatic N) is 1. The van der Waals surface area contributed by atoms with Gasteiger partial charge in [-0.05, 0) is 50.3 Å². The molecular formula is C19H26FNO3. The summed E-state index contributed by atoms with van der Waals surface area (Å²) in [7, 11) is 0. The molecule has 3 rings (SSSR count). The van der Waals surface area contributed by atoms with Gasteiger partial charge in [0.25, 0.3) is 0 Å². The molecule has 132 valence electrons. The zero-order valence-corrected chi connectivity index (χ0v) is 14.2. The summed E-state index contributed by atoms with van der Waals surface area (Å²) in [6, 6.07) is 6.37. The van der Waals surface area contributed by atoms with Crippen LogP contribution < -0.4 is 0 Å². The Bertz CT molecular complexity index is 584. The molecule has 0 saturated carbocycles. The number of piperidine rings is 1. The smallest absolute Gasteiger partial charge is 0.228 e. The summed E-state index contributed by atoms with van der Waals surface area (Å²) in [4.78, 5) is 14.5. The van der Waals surface area contributed by atoms with E-state index in [2.05, 4.69) is 0 Å². The third kappa shape index (κ3) is 3.95. The summed E-state index contributed by atoms with van der Waals surface area (Å²) >= 11 is 0. The Hall–Kier alpha value is -1.46. The van der Waals surface area contributed by atoms with Crippen LogP contribution in [0.4, 0.5) is 4.39 Å². The fraction of sp³-hybridized carbons (Fsp3) is 0.632. The molecule has 24 heavy (non-hydrogen) atoms. The number of amides is 1. The number of aliphatic hydroxyl groups is 1. The molecule has 2 fully saturated rings. The number of hydrogen-bond acceptors (Lipinski definition) is 3. The summed E-state index contributed by atoms with van der Waals surface area (Å²) in [5.41, 5.74) is -0.0641. The molecule has 0 bridgehead atoms. The highest BCUT2D eigenvalue weighted by atomic mass is 19.1. The van der Waals surface area contributed by atoms with Gasteiger partial charge in [-0.1, -0.05) is 12.1 Å². The Kier molecular flexibility index (Phi) is 5.21. The van der Waals surface area contributed by atoms with Gasteiger partial charge in [-0.25, -0.2) is 4.39 Å². The zero-order chi connectivity index (χ0) is 17.2. The van der Waals surface area contributed by atoms with Crippen molar-refractivity contribution in [3.8, 4) is 0 Å². The summed E-state index contributed by atoms with van der Waals surface area (Å²) < 4.78 is 18.9. The van der Waals surface area contributed by atoms with Crippen LogP contribution in [0.3, 0.4) is 0 Å². The fourth-order valence-corrected chi connectivity index (χ4v) is 3.83. The van der Waals surface area contributed by atoms with Gasteiger partial charge in [-0.15, -0.1) is 0 Å². The quantitative estimate of drug-likeness (QED) is 0.923. The minimum absolute atomic E-state index is 0.0284. The molecule has 4 nitrogen and oxygen atoms in total. The Balaban J connectivity index is 1.57. The van der Waals surface area contributed by atoms with Gasteiger partial charge >= 0.3 is 0 Å². The lowest BCUT2D eigenvalue weighted by molar-refractivity contribution is -0.148. The number of carbonyl (C=O) groups is 1. The monoisotopic (exact) mass is 335 g/mol. The second-order valence-corrected chi connectivity index (χ2v) is 7.18. The number of rotatable bonds is 3. The molecule has 0 radical (unpaired) electrons. The normalized spacial score (nSPS) is 27.0. The van der Waals surface area contributed by atoms with Gasteiger partial charge in [0, 0.05) is 26.1 Å². The number of hydrogen-bond donors (Lipinski definition) is 1. The third-order valence-corrected chi connectivity index (χ3v) is 5.35. The van der Waals surface area contributed by atoms with E-state index in [1.54, 1.807) is 6.07 Å². The molecule has 1 aromatic rings. The predicted molar refractivity (Wildman–Crippen MR) is 89.0 cm³/mol. The Morgan fingerprint density at radius 3 is 2.83 bits per heavy atom. The van der Waals surface area contributed by atoms with E-state index in [0.29, 0.717) is 32.4 Å². The molecule has 0 unspecified atom stereocenters. The highest BCUT2D eigenvalue weighted by Gasteiger charge is 2.38. The molecule has 2 saturated heterocycles. The van der Waals surface area contributed by atoms with Crippen LogP contribution in [0, 0.1) is 11.7 Å². The summed E-state index contributed by atoms with van der Waals surface area (Å²) in [5.74, 6) is -0.196. The van der Waals surface area contributed by atoms with E-state index in [1.165, 1.54) is 12.1 Å². The summed E-state index contributed by atoms with van der Waals surface area (Å²) in [6.07, 6.45) is 3.26. The van der Waals surface area contributed by atoms with Gasteiger partial charge in [0.1, 0.15) is 5.82 Å². The fourth-order valence-electron chi connectivity index (χ4n) is 3.83. The maximum Gasteiger partial charge on any atom is 0.228 e. The second kappa shape index (κ2) is 7.19. The van der Waals surface area contributed by atoms with Crippen molar-refractivity contribution in [3.63, 3.8) is 0 Å². The molecule has 0 spiro atoms. The van der Waals surface area contributed by atoms with E-state index in [-0.39, 0.29) is 23.7 Å². The van der Waals surface area contributed by atoms with Crippen molar-refractivity contribution in [2.24, 2.45) is 5.92 Å². The molecule has 0 aliphatic carbocycles. The third-order valence-electron chi connectivity index (χ3n) is 5.35. The molecule has 2 aliphatic rings. The molecule has 1 aromatic carbocycles. The van der Waals surface area contributed by atoms with Crippen LogP contribution >= 0.6 is 0 Å². The Morgan fingerprint density at radius 1 is 1.42 bits per heavy atom. The number of ether oxygens (including phenoxy) is 1. The molecule has 1 N–H and O–H groups in total. The first-order valence-corrected chi connectivity index (χ1v) is 8.84. The lowest BCUT2D eigenvalue weighted by Crippen LogP contribution is -2.51. The van der Waals surface area contributed by atoms with Gasteiger partial charge in [0.05, 0.1) is 17.6 Å². The van der Waals surface area contributed by atoms with Crippen molar-refractivity contribution in [3.05, 3.63) is 35.6 Å². The van der Waals surface area contributed by atoms with Crippen molar-refractivity contribution < 1.29 is 19.0 Å². The molecule has 2 heterocycles. The van der Waals surface area contributed by atoms with E-state index < -0.39 is 5.60 Å². The van der Waals surface area contributed by atoms with Crippen LogP contribution in [0.1, 0.15) is 38.2 Å². The van der Waals surface area contributed by atoms with E-state index in [9.17, 15) is 14.3 Å². The average molecular weight is 335 g/mol.